The molecule has 1 aromatic heterocycles. The molecule has 16 heavy (non-hydrogen) atoms. The molecule has 0 saturated heterocycles. The summed E-state index contributed by atoms with van der Waals surface area (Å²) in [5.74, 6) is 0.652. The molecule has 5 nitrogen and oxygen atoms in total. The SMILES string of the molecule is CCS(=O)CCNC(=O)c1cncc(O)c1. The Morgan fingerprint density at radius 1 is 1.56 bits per heavy atom. The fourth-order valence-electron chi connectivity index (χ4n) is 1.08. The first-order valence-corrected chi connectivity index (χ1v) is 6.39. The molecule has 2 N–H and O–H groups in total. The Morgan fingerprint density at radius 2 is 2.31 bits per heavy atom. The molecule has 0 aliphatic rings. The largest absolute Gasteiger partial charge is 0.506 e. The fraction of sp³-hybridized carbons (Fsp3) is 0.400. The number of hydrogen-bond acceptors (Lipinski definition) is 4. The van der Waals surface area contributed by atoms with E-state index in [0.717, 1.165) is 0 Å². The number of nitrogens with zero attached hydrogens (tertiary/aromatic N) is 1. The van der Waals surface area contributed by atoms with E-state index in [1.165, 1.54) is 18.5 Å². The predicted molar refractivity (Wildman–Crippen MR) is 61.8 cm³/mol. The Hall–Kier alpha value is -1.43. The van der Waals surface area contributed by atoms with Crippen LogP contribution in [0.25, 0.3) is 0 Å². The van der Waals surface area contributed by atoms with Gasteiger partial charge in [-0.3, -0.25) is 14.0 Å². The highest BCUT2D eigenvalue weighted by Gasteiger charge is 2.06. The van der Waals surface area contributed by atoms with E-state index in [2.05, 4.69) is 10.3 Å². The van der Waals surface area contributed by atoms with Crippen LogP contribution >= 0.6 is 0 Å². The molecular weight excluding hydrogens is 228 g/mol. The second-order valence-electron chi connectivity index (χ2n) is 3.12. The zero-order valence-electron chi connectivity index (χ0n) is 8.97. The van der Waals surface area contributed by atoms with Crippen molar-refractivity contribution in [1.82, 2.24) is 10.3 Å². The van der Waals surface area contributed by atoms with E-state index in [4.69, 9.17) is 5.11 Å². The molecule has 0 aliphatic heterocycles. The van der Waals surface area contributed by atoms with Gasteiger partial charge < -0.3 is 10.4 Å². The van der Waals surface area contributed by atoms with Crippen molar-refractivity contribution < 1.29 is 14.1 Å². The van der Waals surface area contributed by atoms with Gasteiger partial charge in [0, 0.05) is 35.0 Å². The Balaban J connectivity index is 2.44. The predicted octanol–water partition coefficient (Wildman–Crippen LogP) is 0.286. The van der Waals surface area contributed by atoms with Crippen LogP contribution in [0.2, 0.25) is 0 Å². The summed E-state index contributed by atoms with van der Waals surface area (Å²) >= 11 is 0. The average Bonchev–Trinajstić information content (AvgIpc) is 2.28. The van der Waals surface area contributed by atoms with Crippen molar-refractivity contribution in [2.45, 2.75) is 6.92 Å². The van der Waals surface area contributed by atoms with Gasteiger partial charge in [0.25, 0.3) is 5.91 Å². The number of aromatic hydroxyl groups is 1. The van der Waals surface area contributed by atoms with Crippen molar-refractivity contribution in [3.63, 3.8) is 0 Å². The van der Waals surface area contributed by atoms with Gasteiger partial charge in [-0.05, 0) is 6.07 Å². The van der Waals surface area contributed by atoms with Crippen LogP contribution in [0.3, 0.4) is 0 Å². The van der Waals surface area contributed by atoms with Crippen molar-refractivity contribution in [2.24, 2.45) is 0 Å². The van der Waals surface area contributed by atoms with Crippen LogP contribution in [0.1, 0.15) is 17.3 Å². The first-order valence-electron chi connectivity index (χ1n) is 4.90. The van der Waals surface area contributed by atoms with Gasteiger partial charge in [-0.1, -0.05) is 6.92 Å². The molecule has 0 spiro atoms. The van der Waals surface area contributed by atoms with E-state index >= 15 is 0 Å². The third-order valence-electron chi connectivity index (χ3n) is 1.92. The molecule has 1 heterocycles. The number of rotatable bonds is 5. The van der Waals surface area contributed by atoms with Crippen molar-refractivity contribution >= 4 is 16.7 Å². The van der Waals surface area contributed by atoms with Gasteiger partial charge in [-0.15, -0.1) is 0 Å². The lowest BCUT2D eigenvalue weighted by atomic mass is 10.2. The standard InChI is InChI=1S/C10H14N2O3S/c1-2-16(15)4-3-12-10(14)8-5-9(13)7-11-6-8/h5-7,13H,2-4H2,1H3,(H,12,14). The van der Waals surface area contributed by atoms with Crippen LogP contribution in [0.4, 0.5) is 0 Å². The van der Waals surface area contributed by atoms with Crippen molar-refractivity contribution in [3.8, 4) is 5.75 Å². The van der Waals surface area contributed by atoms with E-state index < -0.39 is 10.8 Å². The molecule has 88 valence electrons. The number of nitrogens with one attached hydrogen (secondary N) is 1. The molecular formula is C10H14N2O3S. The van der Waals surface area contributed by atoms with E-state index in [0.29, 0.717) is 23.6 Å². The van der Waals surface area contributed by atoms with Gasteiger partial charge in [0.05, 0.1) is 11.8 Å². The Labute approximate surface area is 96.4 Å². The van der Waals surface area contributed by atoms with Crippen LogP contribution in [0.15, 0.2) is 18.5 Å². The second-order valence-corrected chi connectivity index (χ2v) is 4.99. The summed E-state index contributed by atoms with van der Waals surface area (Å²) in [5.41, 5.74) is 0.294. The summed E-state index contributed by atoms with van der Waals surface area (Å²) < 4.78 is 11.1. The number of hydrogen-bond donors (Lipinski definition) is 2. The van der Waals surface area contributed by atoms with Gasteiger partial charge in [-0.25, -0.2) is 0 Å². The lowest BCUT2D eigenvalue weighted by Crippen LogP contribution is -2.28. The van der Waals surface area contributed by atoms with Crippen LogP contribution in [0.5, 0.6) is 5.75 Å². The van der Waals surface area contributed by atoms with Gasteiger partial charge in [0.1, 0.15) is 5.75 Å². The van der Waals surface area contributed by atoms with Crippen molar-refractivity contribution in [1.29, 1.82) is 0 Å². The maximum atomic E-state index is 11.5. The number of carbonyl (C=O) groups is 1. The van der Waals surface area contributed by atoms with Gasteiger partial charge in [-0.2, -0.15) is 0 Å². The number of aromatic nitrogens is 1. The topological polar surface area (TPSA) is 79.3 Å². The first-order chi connectivity index (χ1) is 7.63. The van der Waals surface area contributed by atoms with Crippen LogP contribution < -0.4 is 5.32 Å². The smallest absolute Gasteiger partial charge is 0.253 e. The number of amides is 1. The minimum Gasteiger partial charge on any atom is -0.506 e. The first kappa shape index (κ1) is 12.6. The van der Waals surface area contributed by atoms with E-state index in [9.17, 15) is 9.00 Å². The van der Waals surface area contributed by atoms with Crippen LogP contribution in [0, 0.1) is 0 Å². The average molecular weight is 242 g/mol. The van der Waals surface area contributed by atoms with E-state index in [1.807, 2.05) is 6.92 Å². The Kier molecular flexibility index (Phi) is 4.91. The van der Waals surface area contributed by atoms with Crippen LogP contribution in [-0.4, -0.2) is 38.3 Å². The highest BCUT2D eigenvalue weighted by Crippen LogP contribution is 2.07. The molecule has 1 atom stereocenters. The lowest BCUT2D eigenvalue weighted by Gasteiger charge is -2.04. The normalized spacial score (nSPS) is 12.1. The zero-order valence-corrected chi connectivity index (χ0v) is 9.79. The molecule has 0 fully saturated rings. The van der Waals surface area contributed by atoms with E-state index in [-0.39, 0.29) is 11.7 Å². The van der Waals surface area contributed by atoms with Gasteiger partial charge in [0.2, 0.25) is 0 Å². The monoisotopic (exact) mass is 242 g/mol. The minimum absolute atomic E-state index is 0.0511. The summed E-state index contributed by atoms with van der Waals surface area (Å²) in [6.07, 6.45) is 2.62. The summed E-state index contributed by atoms with van der Waals surface area (Å²) in [6.45, 7) is 2.19. The Bertz CT molecular complexity index is 395. The molecule has 1 rings (SSSR count). The highest BCUT2D eigenvalue weighted by molar-refractivity contribution is 7.84. The van der Waals surface area contributed by atoms with Gasteiger partial charge >= 0.3 is 0 Å². The van der Waals surface area contributed by atoms with Crippen LogP contribution in [-0.2, 0) is 10.8 Å². The number of carbonyl (C=O) groups excluding carboxylic acids is 1. The van der Waals surface area contributed by atoms with E-state index in [1.54, 1.807) is 0 Å². The quantitative estimate of drug-likeness (QED) is 0.777. The maximum Gasteiger partial charge on any atom is 0.253 e. The summed E-state index contributed by atoms with van der Waals surface area (Å²) in [7, 11) is -0.884. The van der Waals surface area contributed by atoms with Gasteiger partial charge in [0.15, 0.2) is 0 Å². The molecule has 0 aromatic carbocycles. The summed E-state index contributed by atoms with van der Waals surface area (Å²) in [6, 6.07) is 1.33. The second kappa shape index (κ2) is 6.22. The minimum atomic E-state index is -0.884. The molecule has 6 heteroatoms. The highest BCUT2D eigenvalue weighted by atomic mass is 32.2. The lowest BCUT2D eigenvalue weighted by molar-refractivity contribution is 0.0955. The molecule has 0 aliphatic carbocycles. The molecule has 0 saturated carbocycles. The summed E-state index contributed by atoms with van der Waals surface area (Å²) in [5, 5.41) is 11.7. The van der Waals surface area contributed by atoms with Crippen molar-refractivity contribution in [3.05, 3.63) is 24.0 Å². The van der Waals surface area contributed by atoms with Crippen molar-refractivity contribution in [2.75, 3.05) is 18.1 Å². The molecule has 1 amide bonds. The molecule has 0 bridgehead atoms. The molecule has 1 unspecified atom stereocenters. The number of pyridine rings is 1. The zero-order chi connectivity index (χ0) is 12.0. The molecule has 1 aromatic rings. The fourth-order valence-corrected chi connectivity index (χ4v) is 1.70. The third-order valence-corrected chi connectivity index (χ3v) is 3.23. The Morgan fingerprint density at radius 3 is 2.94 bits per heavy atom. The molecule has 0 radical (unpaired) electrons. The summed E-state index contributed by atoms with van der Waals surface area (Å²) in [4.78, 5) is 15.2. The third kappa shape index (κ3) is 3.98. The maximum absolute atomic E-state index is 11.5.